The second-order valence-corrected chi connectivity index (χ2v) is 8.37. The lowest BCUT2D eigenvalue weighted by Crippen LogP contribution is -3.61. The third-order valence-corrected chi connectivity index (χ3v) is 6.76. The monoisotopic (exact) mass is 428 g/mol. The van der Waals surface area contributed by atoms with Crippen molar-refractivity contribution in [2.75, 3.05) is 0 Å². The third kappa shape index (κ3) is 3.45. The minimum atomic E-state index is -0.0201. The van der Waals surface area contributed by atoms with E-state index < -0.39 is 0 Å². The second-order valence-electron chi connectivity index (χ2n) is 3.37. The maximum atomic E-state index is 6.15. The number of benzene rings is 1. The van der Waals surface area contributed by atoms with Crippen LogP contribution in [0.25, 0.3) is 0 Å². The number of thiophene rings is 1. The predicted octanol–water partition coefficient (Wildman–Crippen LogP) is -1.85. The van der Waals surface area contributed by atoms with Gasteiger partial charge in [0.05, 0.1) is 0 Å². The van der Waals surface area contributed by atoms with E-state index in [2.05, 4.69) is 43.5 Å². The number of rotatable bonds is 2. The molecule has 1 heterocycles. The molecular weight excluding hydrogens is 418 g/mol. The molecule has 1 aromatic heterocycles. The number of hydrogen-bond donors (Lipinski definition) is 0. The fourth-order valence-electron chi connectivity index (χ4n) is 1.37. The summed E-state index contributed by atoms with van der Waals surface area (Å²) in [6.45, 7) is 4.16. The van der Waals surface area contributed by atoms with Crippen molar-refractivity contribution in [3.63, 3.8) is 0 Å². The molecule has 4 heteroatoms. The molecule has 0 atom stereocenters. The van der Waals surface area contributed by atoms with E-state index in [0.717, 1.165) is 5.02 Å². The summed E-state index contributed by atoms with van der Waals surface area (Å²) in [7, 11) is 0. The Labute approximate surface area is 126 Å². The van der Waals surface area contributed by atoms with Crippen LogP contribution >= 0.6 is 22.9 Å². The van der Waals surface area contributed by atoms with Gasteiger partial charge in [0.25, 0.3) is 0 Å². The van der Waals surface area contributed by atoms with Crippen LogP contribution in [0.15, 0.2) is 29.6 Å². The van der Waals surface area contributed by atoms with Crippen LogP contribution < -0.4 is 38.2 Å². The van der Waals surface area contributed by atoms with E-state index in [1.54, 1.807) is 0 Å². The first-order chi connectivity index (χ1) is 7.16. The topological polar surface area (TPSA) is 0 Å². The molecule has 2 rings (SSSR count). The first-order valence-corrected chi connectivity index (χ1v) is 8.03. The molecule has 0 spiro atoms. The molecular formula is C12H11BrClIS. The van der Waals surface area contributed by atoms with E-state index in [1.165, 1.54) is 17.6 Å². The van der Waals surface area contributed by atoms with Crippen LogP contribution in [0.3, 0.4) is 0 Å². The minimum Gasteiger partial charge on any atom is -1.00 e. The van der Waals surface area contributed by atoms with Crippen LogP contribution in [0, 0.1) is 20.3 Å². The number of aryl methyl sites for hydroxylation is 2. The van der Waals surface area contributed by atoms with Crippen molar-refractivity contribution in [1.82, 2.24) is 0 Å². The Morgan fingerprint density at radius 3 is 2.31 bits per heavy atom. The lowest BCUT2D eigenvalue weighted by Gasteiger charge is -1.99. The molecule has 0 saturated carbocycles. The van der Waals surface area contributed by atoms with Crippen molar-refractivity contribution >= 4 is 22.9 Å². The molecule has 0 bridgehead atoms. The van der Waals surface area contributed by atoms with Crippen molar-refractivity contribution in [3.05, 3.63) is 52.2 Å². The van der Waals surface area contributed by atoms with Crippen LogP contribution in [0.1, 0.15) is 11.1 Å². The zero-order valence-electron chi connectivity index (χ0n) is 8.93. The molecule has 0 N–H and O–H groups in total. The molecule has 1 aromatic carbocycles. The normalized spacial score (nSPS) is 9.94. The van der Waals surface area contributed by atoms with Crippen LogP contribution in [0.5, 0.6) is 0 Å². The number of hydrogen-bond acceptors (Lipinski definition) is 1. The lowest BCUT2D eigenvalue weighted by atomic mass is 10.2. The van der Waals surface area contributed by atoms with Crippen molar-refractivity contribution in [2.45, 2.75) is 13.8 Å². The highest BCUT2D eigenvalue weighted by Crippen LogP contribution is 2.18. The number of halogens is 3. The molecule has 0 saturated heterocycles. The van der Waals surface area contributed by atoms with Gasteiger partial charge in [-0.25, -0.2) is 0 Å². The fourth-order valence-corrected chi connectivity index (χ4v) is 5.63. The average molecular weight is 430 g/mol. The Bertz CT molecular complexity index is 445. The summed E-state index contributed by atoms with van der Waals surface area (Å²) >= 11 is 7.98. The van der Waals surface area contributed by atoms with E-state index in [9.17, 15) is 0 Å². The Kier molecular flexibility index (Phi) is 5.77. The van der Waals surface area contributed by atoms with Gasteiger partial charge in [0.2, 0.25) is 2.88 Å². The smallest absolute Gasteiger partial charge is 0.369 e. The van der Waals surface area contributed by atoms with Crippen LogP contribution in [0.4, 0.5) is 0 Å². The molecule has 16 heavy (non-hydrogen) atoms. The molecule has 0 aliphatic carbocycles. The van der Waals surface area contributed by atoms with Gasteiger partial charge >= 0.3 is 21.2 Å². The van der Waals surface area contributed by atoms with Gasteiger partial charge < -0.3 is 17.0 Å². The maximum absolute atomic E-state index is 6.15. The van der Waals surface area contributed by atoms with Crippen molar-refractivity contribution in [1.29, 1.82) is 0 Å². The summed E-state index contributed by atoms with van der Waals surface area (Å²) in [6, 6.07) is 8.79. The first-order valence-electron chi connectivity index (χ1n) is 4.62. The van der Waals surface area contributed by atoms with Gasteiger partial charge in [0.15, 0.2) is 3.57 Å². The van der Waals surface area contributed by atoms with Gasteiger partial charge in [0.1, 0.15) is 0 Å². The highest BCUT2D eigenvalue weighted by Gasteiger charge is 2.18. The first kappa shape index (κ1) is 14.5. The van der Waals surface area contributed by atoms with E-state index >= 15 is 0 Å². The van der Waals surface area contributed by atoms with Gasteiger partial charge in [-0.1, -0.05) is 22.9 Å². The van der Waals surface area contributed by atoms with Gasteiger partial charge in [-0.3, -0.25) is 0 Å². The van der Waals surface area contributed by atoms with E-state index in [-0.39, 0.29) is 38.2 Å². The Morgan fingerprint density at radius 1 is 1.19 bits per heavy atom. The quantitative estimate of drug-likeness (QED) is 0.492. The van der Waals surface area contributed by atoms with Gasteiger partial charge in [-0.15, -0.1) is 0 Å². The molecule has 0 aliphatic heterocycles. The molecule has 2 aromatic rings. The van der Waals surface area contributed by atoms with Crippen molar-refractivity contribution in [3.8, 4) is 0 Å². The highest BCUT2D eigenvalue weighted by atomic mass is 127. The summed E-state index contributed by atoms with van der Waals surface area (Å²) in [5.41, 5.74) is 2.39. The predicted molar refractivity (Wildman–Crippen MR) is 62.6 cm³/mol. The summed E-state index contributed by atoms with van der Waals surface area (Å²) in [5.74, 6) is 0. The van der Waals surface area contributed by atoms with Gasteiger partial charge in [0, 0.05) is 11.1 Å². The van der Waals surface area contributed by atoms with Crippen LogP contribution in [0.2, 0.25) is 5.02 Å². The van der Waals surface area contributed by atoms with Crippen molar-refractivity contribution in [2.24, 2.45) is 0 Å². The van der Waals surface area contributed by atoms with Crippen molar-refractivity contribution < 1.29 is 38.2 Å². The van der Waals surface area contributed by atoms with E-state index in [0.29, 0.717) is 0 Å². The average Bonchev–Trinajstić information content (AvgIpc) is 2.66. The lowest BCUT2D eigenvalue weighted by molar-refractivity contribution is -0.591. The van der Waals surface area contributed by atoms with E-state index in [1.807, 2.05) is 11.3 Å². The SMILES string of the molecule is Cc1cc([I+]c2cccs2)cc(C)c1Cl.[Br-]. The fraction of sp³-hybridized carbons (Fsp3) is 0.167. The van der Waals surface area contributed by atoms with Crippen LogP contribution in [-0.4, -0.2) is 0 Å². The molecule has 86 valence electrons. The van der Waals surface area contributed by atoms with Gasteiger partial charge in [-0.05, 0) is 48.6 Å². The molecule has 0 radical (unpaired) electrons. The summed E-state index contributed by atoms with van der Waals surface area (Å²) in [5, 5.41) is 3.05. The molecule has 0 aliphatic rings. The zero-order valence-corrected chi connectivity index (χ0v) is 14.2. The molecule has 0 fully saturated rings. The summed E-state index contributed by atoms with van der Waals surface area (Å²) in [4.78, 5) is 0. The Morgan fingerprint density at radius 2 is 1.81 bits per heavy atom. The maximum Gasteiger partial charge on any atom is 0.369 e. The zero-order chi connectivity index (χ0) is 10.8. The molecule has 0 nitrogen and oxygen atoms in total. The van der Waals surface area contributed by atoms with E-state index in [4.69, 9.17) is 11.6 Å². The largest absolute Gasteiger partial charge is 1.00 e. The standard InChI is InChI=1S/C12H11ClIS.BrH/c1-8-6-10(7-9(2)12(8)13)14-11-4-3-5-15-11;/h3-7H,1-2H3;1H/q+1;/p-1. The molecule has 0 unspecified atom stereocenters. The summed E-state index contributed by atoms with van der Waals surface area (Å²) < 4.78 is 2.96. The molecule has 0 amide bonds. The third-order valence-electron chi connectivity index (χ3n) is 2.09. The minimum absolute atomic E-state index is 0. The van der Waals surface area contributed by atoms with Crippen LogP contribution in [-0.2, 0) is 0 Å². The highest BCUT2D eigenvalue weighted by molar-refractivity contribution is 7.07. The Balaban J connectivity index is 0.00000128. The summed E-state index contributed by atoms with van der Waals surface area (Å²) in [6.07, 6.45) is 0. The second kappa shape index (κ2) is 6.38. The van der Waals surface area contributed by atoms with Gasteiger partial charge in [-0.2, -0.15) is 0 Å². The Hall–Kier alpha value is 0.420.